The van der Waals surface area contributed by atoms with Crippen LogP contribution < -0.4 is 0 Å². The Hall–Kier alpha value is -0.280. The fraction of sp³-hybridized carbons (Fsp3) is 0.800. The minimum absolute atomic E-state index is 0.379. The second-order valence-electron chi connectivity index (χ2n) is 1.33. The van der Waals surface area contributed by atoms with E-state index in [0.717, 1.165) is 0 Å². The van der Waals surface area contributed by atoms with Gasteiger partial charge in [-0.25, -0.2) is 4.79 Å². The Morgan fingerprint density at radius 2 is 2.44 bits per heavy atom. The van der Waals surface area contributed by atoms with Gasteiger partial charge in [-0.3, -0.25) is 0 Å². The number of carbonyl (C=O) groups excluding carboxylic acids is 1. The number of rotatable bonds is 5. The summed E-state index contributed by atoms with van der Waals surface area (Å²) in [6.07, 6.45) is -0.541. The molecular weight excluding hydrogens is 144 g/mol. The normalized spacial score (nSPS) is 12.7. The molecule has 0 aromatic rings. The zero-order valence-corrected chi connectivity index (χ0v) is 5.85. The molecule has 0 aliphatic carbocycles. The van der Waals surface area contributed by atoms with Crippen LogP contribution >= 0.6 is 11.6 Å². The van der Waals surface area contributed by atoms with Crippen molar-refractivity contribution in [1.82, 2.24) is 0 Å². The highest BCUT2D eigenvalue weighted by Gasteiger charge is 1.98. The summed E-state index contributed by atoms with van der Waals surface area (Å²) in [6.45, 7) is 3.23. The summed E-state index contributed by atoms with van der Waals surface area (Å²) in [7, 11) is 0. The number of hydrogen-bond acceptors (Lipinski definition) is 3. The molecule has 0 heterocycles. The Balaban J connectivity index is 3.04. The van der Waals surface area contributed by atoms with E-state index in [1.165, 1.54) is 6.47 Å². The molecule has 0 aliphatic heterocycles. The van der Waals surface area contributed by atoms with Crippen LogP contribution in [0.2, 0.25) is 0 Å². The van der Waals surface area contributed by atoms with Crippen molar-refractivity contribution in [2.75, 3.05) is 12.5 Å². The summed E-state index contributed by atoms with van der Waals surface area (Å²) >= 11 is 5.27. The summed E-state index contributed by atoms with van der Waals surface area (Å²) in [5.74, 6) is 0.395. The summed E-state index contributed by atoms with van der Waals surface area (Å²) in [6, 6.07) is 0. The van der Waals surface area contributed by atoms with Crippen LogP contribution in [-0.2, 0) is 14.3 Å². The lowest BCUT2D eigenvalue weighted by Gasteiger charge is -2.07. The number of ether oxygens (including phenoxy) is 2. The van der Waals surface area contributed by atoms with Crippen LogP contribution in [0.1, 0.15) is 6.92 Å². The second kappa shape index (κ2) is 5.85. The average molecular weight is 152 g/mol. The van der Waals surface area contributed by atoms with E-state index < -0.39 is 6.29 Å². The van der Waals surface area contributed by atoms with Gasteiger partial charge in [0.05, 0.1) is 6.61 Å². The molecule has 0 saturated carbocycles. The predicted molar refractivity (Wildman–Crippen MR) is 32.9 cm³/mol. The molecule has 9 heavy (non-hydrogen) atoms. The molecule has 0 spiro atoms. The summed E-state index contributed by atoms with van der Waals surface area (Å²) < 4.78 is 9.07. The molecule has 0 saturated heterocycles. The van der Waals surface area contributed by atoms with Crippen LogP contribution in [0, 0.1) is 0 Å². The molecule has 0 N–H and O–H groups in total. The van der Waals surface area contributed by atoms with Gasteiger partial charge in [0.1, 0.15) is 0 Å². The van der Waals surface area contributed by atoms with E-state index in [1.807, 2.05) is 0 Å². The molecule has 3 nitrogen and oxygen atoms in total. The molecule has 0 aromatic carbocycles. The Kier molecular flexibility index (Phi) is 5.67. The molecule has 1 unspecified atom stereocenters. The Morgan fingerprint density at radius 1 is 1.78 bits per heavy atom. The Labute approximate surface area is 58.9 Å². The smallest absolute Gasteiger partial charge is 0.419 e. The van der Waals surface area contributed by atoms with E-state index in [4.69, 9.17) is 16.3 Å². The van der Waals surface area contributed by atoms with Crippen molar-refractivity contribution in [1.29, 1.82) is 0 Å². The van der Waals surface area contributed by atoms with Gasteiger partial charge in [-0.1, -0.05) is 0 Å². The molecule has 0 aromatic heterocycles. The van der Waals surface area contributed by atoms with E-state index in [0.29, 0.717) is 12.5 Å². The van der Waals surface area contributed by atoms with Crippen molar-refractivity contribution in [3.63, 3.8) is 0 Å². The number of halogens is 1. The van der Waals surface area contributed by atoms with Crippen molar-refractivity contribution in [3.8, 4) is 0 Å². The van der Waals surface area contributed by atoms with Crippen LogP contribution in [0.25, 0.3) is 0 Å². The van der Waals surface area contributed by atoms with Crippen molar-refractivity contribution < 1.29 is 14.3 Å². The fourth-order valence-corrected chi connectivity index (χ4v) is 0.401. The minimum Gasteiger partial charge on any atom is -0.428 e. The van der Waals surface area contributed by atoms with Crippen molar-refractivity contribution in [2.45, 2.75) is 13.2 Å². The monoisotopic (exact) mass is 151 g/mol. The number of alkyl halides is 1. The summed E-state index contributed by atoms with van der Waals surface area (Å²) in [4.78, 5) is 9.52. The molecule has 0 amide bonds. The first-order chi connectivity index (χ1) is 4.31. The van der Waals surface area contributed by atoms with Gasteiger partial charge in [0.2, 0.25) is 6.29 Å². The van der Waals surface area contributed by atoms with Gasteiger partial charge in [-0.2, -0.15) is 0 Å². The molecular formula is C5H8ClO3. The lowest BCUT2D eigenvalue weighted by molar-refractivity contribution is -0.0699. The fourth-order valence-electron chi connectivity index (χ4n) is 0.312. The van der Waals surface area contributed by atoms with Crippen LogP contribution in [0.4, 0.5) is 0 Å². The lowest BCUT2D eigenvalue weighted by atomic mass is 10.7. The third kappa shape index (κ3) is 5.59. The zero-order valence-electron chi connectivity index (χ0n) is 5.09. The Bertz CT molecular complexity index is 76.6. The molecule has 0 fully saturated rings. The zero-order chi connectivity index (χ0) is 7.11. The molecule has 0 bridgehead atoms. The topological polar surface area (TPSA) is 35.5 Å². The van der Waals surface area contributed by atoms with Crippen molar-refractivity contribution in [2.24, 2.45) is 0 Å². The maximum absolute atomic E-state index is 9.52. The predicted octanol–water partition coefficient (Wildman–Crippen LogP) is 0.672. The lowest BCUT2D eigenvalue weighted by Crippen LogP contribution is -2.12. The van der Waals surface area contributed by atoms with Crippen LogP contribution in [-0.4, -0.2) is 25.2 Å². The quantitative estimate of drug-likeness (QED) is 0.428. The highest BCUT2D eigenvalue weighted by atomic mass is 35.5. The summed E-state index contributed by atoms with van der Waals surface area (Å²) in [5.41, 5.74) is 0. The van der Waals surface area contributed by atoms with E-state index in [2.05, 4.69) is 4.74 Å². The van der Waals surface area contributed by atoms with Crippen LogP contribution in [0.5, 0.6) is 0 Å². The van der Waals surface area contributed by atoms with Gasteiger partial charge in [-0.05, 0) is 6.92 Å². The molecule has 4 heteroatoms. The highest BCUT2D eigenvalue weighted by Crippen LogP contribution is 1.90. The molecule has 0 aliphatic rings. The minimum atomic E-state index is -0.541. The van der Waals surface area contributed by atoms with E-state index in [1.54, 1.807) is 6.92 Å². The third-order valence-corrected chi connectivity index (χ3v) is 0.798. The van der Waals surface area contributed by atoms with Gasteiger partial charge in [0.15, 0.2) is 0 Å². The van der Waals surface area contributed by atoms with Crippen LogP contribution in [0.15, 0.2) is 0 Å². The molecule has 0 rings (SSSR count). The van der Waals surface area contributed by atoms with Crippen LogP contribution in [0.3, 0.4) is 0 Å². The van der Waals surface area contributed by atoms with Crippen molar-refractivity contribution >= 4 is 18.1 Å². The first-order valence-corrected chi connectivity index (χ1v) is 3.05. The maximum atomic E-state index is 9.52. The van der Waals surface area contributed by atoms with Gasteiger partial charge < -0.3 is 9.47 Å². The first-order valence-electron chi connectivity index (χ1n) is 2.51. The van der Waals surface area contributed by atoms with Gasteiger partial charge in [0, 0.05) is 5.88 Å². The third-order valence-electron chi connectivity index (χ3n) is 0.644. The van der Waals surface area contributed by atoms with Gasteiger partial charge >= 0.3 is 6.47 Å². The van der Waals surface area contributed by atoms with E-state index in [9.17, 15) is 4.79 Å². The number of hydrogen-bond donors (Lipinski definition) is 0. The standard InChI is InChI=1S/C5H8ClO3/c1-5(9-4-7)8-3-2-6/h5H,2-3H2,1H3. The van der Waals surface area contributed by atoms with E-state index in [-0.39, 0.29) is 0 Å². The van der Waals surface area contributed by atoms with Gasteiger partial charge in [0.25, 0.3) is 0 Å². The second-order valence-corrected chi connectivity index (χ2v) is 1.71. The maximum Gasteiger partial charge on any atom is 0.419 e. The average Bonchev–Trinajstić information content (AvgIpc) is 1.85. The summed E-state index contributed by atoms with van der Waals surface area (Å²) in [5, 5.41) is 0. The molecule has 1 radical (unpaired) electrons. The molecule has 53 valence electrons. The van der Waals surface area contributed by atoms with E-state index >= 15 is 0 Å². The SMILES string of the molecule is CC(O[C]=O)OCCCl. The first kappa shape index (κ1) is 8.72. The van der Waals surface area contributed by atoms with Gasteiger partial charge in [-0.15, -0.1) is 11.6 Å². The van der Waals surface area contributed by atoms with Crippen molar-refractivity contribution in [3.05, 3.63) is 0 Å². The largest absolute Gasteiger partial charge is 0.428 e. The Morgan fingerprint density at radius 3 is 2.89 bits per heavy atom. The highest BCUT2D eigenvalue weighted by molar-refractivity contribution is 6.17. The molecule has 1 atom stereocenters.